The molecule has 0 saturated carbocycles. The highest BCUT2D eigenvalue weighted by Crippen LogP contribution is 2.36. The van der Waals surface area contributed by atoms with Gasteiger partial charge in [0.15, 0.2) is 6.10 Å². The summed E-state index contributed by atoms with van der Waals surface area (Å²) in [6.07, 6.45) is 8.96. The number of carbonyl (C=O) groups excluding carboxylic acids is 1. The Morgan fingerprint density at radius 1 is 0.758 bits per heavy atom. The van der Waals surface area contributed by atoms with Crippen LogP contribution in [0.3, 0.4) is 0 Å². The SMILES string of the molecule is C#CC[C@@H](C(=O)OC(c1cccc2ccccc12)c1cccc2ccccc12)n1cccc1. The fraction of sp³-hybridized carbons (Fsp3) is 0.100. The first-order chi connectivity index (χ1) is 16.3. The number of fused-ring (bicyclic) bond motifs is 2. The zero-order valence-electron chi connectivity index (χ0n) is 18.1. The lowest BCUT2D eigenvalue weighted by Gasteiger charge is -2.25. The second kappa shape index (κ2) is 9.06. The molecule has 5 aromatic rings. The standard InChI is InChI=1S/C30H23NO2/c1-2-11-28(31-20-7-8-21-31)30(32)33-29(26-18-9-14-22-12-3-5-16-24(22)26)27-19-10-15-23-13-4-6-17-25(23)27/h1,3-10,12-21,28-29H,11H2/t28-/m0/s1. The third-order valence-corrected chi connectivity index (χ3v) is 6.02. The maximum atomic E-state index is 13.5. The predicted octanol–water partition coefficient (Wildman–Crippen LogP) is 6.69. The minimum atomic E-state index is -0.586. The van der Waals surface area contributed by atoms with Crippen molar-refractivity contribution in [3.8, 4) is 12.3 Å². The summed E-state index contributed by atoms with van der Waals surface area (Å²) in [6.45, 7) is 0. The van der Waals surface area contributed by atoms with Crippen LogP contribution in [0.15, 0.2) is 109 Å². The minimum Gasteiger partial charge on any atom is -0.451 e. The summed E-state index contributed by atoms with van der Waals surface area (Å²) in [7, 11) is 0. The van der Waals surface area contributed by atoms with Gasteiger partial charge in [-0.2, -0.15) is 0 Å². The molecule has 0 saturated heterocycles. The number of terminal acetylenes is 1. The molecule has 1 aromatic heterocycles. The average molecular weight is 430 g/mol. The number of esters is 1. The number of benzene rings is 4. The topological polar surface area (TPSA) is 31.2 Å². The fourth-order valence-corrected chi connectivity index (χ4v) is 4.43. The smallest absolute Gasteiger partial charge is 0.331 e. The number of aromatic nitrogens is 1. The summed E-state index contributed by atoms with van der Waals surface area (Å²) in [5, 5.41) is 4.31. The van der Waals surface area contributed by atoms with E-state index < -0.39 is 12.1 Å². The van der Waals surface area contributed by atoms with Gasteiger partial charge in [0.1, 0.15) is 6.04 Å². The molecule has 1 atom stereocenters. The van der Waals surface area contributed by atoms with Gasteiger partial charge in [0.25, 0.3) is 0 Å². The highest BCUT2D eigenvalue weighted by Gasteiger charge is 2.28. The van der Waals surface area contributed by atoms with E-state index >= 15 is 0 Å². The molecule has 4 aromatic carbocycles. The number of hydrogen-bond donors (Lipinski definition) is 0. The highest BCUT2D eigenvalue weighted by molar-refractivity contribution is 5.90. The second-order valence-electron chi connectivity index (χ2n) is 8.01. The minimum absolute atomic E-state index is 0.255. The Bertz CT molecular complexity index is 1370. The van der Waals surface area contributed by atoms with Crippen LogP contribution in [0.25, 0.3) is 21.5 Å². The molecular formula is C30H23NO2. The molecule has 0 unspecified atom stereocenters. The molecule has 0 bridgehead atoms. The van der Waals surface area contributed by atoms with Crippen LogP contribution in [0.5, 0.6) is 0 Å². The first-order valence-corrected chi connectivity index (χ1v) is 11.0. The van der Waals surface area contributed by atoms with Crippen LogP contribution in [0, 0.1) is 12.3 Å². The largest absolute Gasteiger partial charge is 0.451 e. The Balaban J connectivity index is 1.66. The van der Waals surface area contributed by atoms with Crippen LogP contribution in [0.4, 0.5) is 0 Å². The van der Waals surface area contributed by atoms with E-state index in [1.165, 1.54) is 0 Å². The van der Waals surface area contributed by atoms with Crippen molar-refractivity contribution in [2.24, 2.45) is 0 Å². The Hall–Kier alpha value is -4.29. The van der Waals surface area contributed by atoms with E-state index in [9.17, 15) is 4.79 Å². The van der Waals surface area contributed by atoms with Gasteiger partial charge in [-0.05, 0) is 33.7 Å². The lowest BCUT2D eigenvalue weighted by Crippen LogP contribution is -2.23. The third-order valence-electron chi connectivity index (χ3n) is 6.02. The molecule has 33 heavy (non-hydrogen) atoms. The molecule has 3 heteroatoms. The number of ether oxygens (including phenoxy) is 1. The summed E-state index contributed by atoms with van der Waals surface area (Å²) in [5.41, 5.74) is 1.90. The molecule has 0 aliphatic heterocycles. The monoisotopic (exact) mass is 429 g/mol. The molecule has 0 aliphatic rings. The quantitative estimate of drug-likeness (QED) is 0.222. The van der Waals surface area contributed by atoms with E-state index in [2.05, 4.69) is 42.3 Å². The third kappa shape index (κ3) is 4.00. The van der Waals surface area contributed by atoms with Crippen molar-refractivity contribution in [2.45, 2.75) is 18.6 Å². The van der Waals surface area contributed by atoms with Gasteiger partial charge in [-0.25, -0.2) is 4.79 Å². The zero-order chi connectivity index (χ0) is 22.6. The molecule has 0 spiro atoms. The van der Waals surface area contributed by atoms with E-state index in [4.69, 9.17) is 11.2 Å². The van der Waals surface area contributed by atoms with Crippen molar-refractivity contribution in [3.05, 3.63) is 121 Å². The van der Waals surface area contributed by atoms with Crippen molar-refractivity contribution in [2.75, 3.05) is 0 Å². The number of rotatable bonds is 6. The lowest BCUT2D eigenvalue weighted by atomic mass is 9.92. The van der Waals surface area contributed by atoms with Crippen LogP contribution < -0.4 is 0 Å². The van der Waals surface area contributed by atoms with Gasteiger partial charge in [-0.3, -0.25) is 0 Å². The Morgan fingerprint density at radius 3 is 1.82 bits per heavy atom. The molecule has 0 N–H and O–H groups in total. The van der Waals surface area contributed by atoms with Gasteiger partial charge in [0, 0.05) is 29.9 Å². The predicted molar refractivity (Wildman–Crippen MR) is 133 cm³/mol. The average Bonchev–Trinajstić information content (AvgIpc) is 3.40. The number of carbonyl (C=O) groups is 1. The van der Waals surface area contributed by atoms with E-state index in [0.717, 1.165) is 32.7 Å². The molecule has 1 heterocycles. The second-order valence-corrected chi connectivity index (χ2v) is 8.01. The van der Waals surface area contributed by atoms with Crippen LogP contribution in [-0.2, 0) is 9.53 Å². The molecule has 0 fully saturated rings. The number of nitrogens with zero attached hydrogens (tertiary/aromatic N) is 1. The van der Waals surface area contributed by atoms with Gasteiger partial charge < -0.3 is 9.30 Å². The molecule has 5 rings (SSSR count). The maximum absolute atomic E-state index is 13.5. The molecule has 0 radical (unpaired) electrons. The van der Waals surface area contributed by atoms with E-state index in [1.54, 1.807) is 0 Å². The van der Waals surface area contributed by atoms with Gasteiger partial charge in [-0.15, -0.1) is 12.3 Å². The van der Waals surface area contributed by atoms with Crippen LogP contribution in [0.2, 0.25) is 0 Å². The van der Waals surface area contributed by atoms with Crippen molar-refractivity contribution in [1.29, 1.82) is 0 Å². The van der Waals surface area contributed by atoms with Crippen LogP contribution >= 0.6 is 0 Å². The first kappa shape index (κ1) is 20.6. The maximum Gasteiger partial charge on any atom is 0.331 e. The normalized spacial score (nSPS) is 12.0. The Labute approximate surface area is 193 Å². The van der Waals surface area contributed by atoms with Crippen molar-refractivity contribution in [3.63, 3.8) is 0 Å². The molecule has 0 aliphatic carbocycles. The van der Waals surface area contributed by atoms with E-state index in [-0.39, 0.29) is 12.4 Å². The van der Waals surface area contributed by atoms with Gasteiger partial charge in [0.2, 0.25) is 0 Å². The van der Waals surface area contributed by atoms with Crippen molar-refractivity contribution >= 4 is 27.5 Å². The summed E-state index contributed by atoms with van der Waals surface area (Å²) < 4.78 is 8.13. The van der Waals surface area contributed by atoms with Gasteiger partial charge in [-0.1, -0.05) is 84.9 Å². The lowest BCUT2D eigenvalue weighted by molar-refractivity contribution is -0.151. The first-order valence-electron chi connectivity index (χ1n) is 11.0. The van der Waals surface area contributed by atoms with Crippen molar-refractivity contribution < 1.29 is 9.53 Å². The molecule has 3 nitrogen and oxygen atoms in total. The molecule has 0 amide bonds. The summed E-state index contributed by atoms with van der Waals surface area (Å²) in [4.78, 5) is 13.5. The van der Waals surface area contributed by atoms with Crippen molar-refractivity contribution in [1.82, 2.24) is 4.57 Å². The van der Waals surface area contributed by atoms with E-state index in [0.29, 0.717) is 0 Å². The summed E-state index contributed by atoms with van der Waals surface area (Å²) >= 11 is 0. The van der Waals surface area contributed by atoms with Crippen LogP contribution in [-0.4, -0.2) is 10.5 Å². The summed E-state index contributed by atoms with van der Waals surface area (Å²) in [5.74, 6) is 2.28. The number of hydrogen-bond acceptors (Lipinski definition) is 2. The Kier molecular flexibility index (Phi) is 5.66. The van der Waals surface area contributed by atoms with Crippen LogP contribution in [0.1, 0.15) is 29.7 Å². The van der Waals surface area contributed by atoms with Gasteiger partial charge >= 0.3 is 5.97 Å². The molecular weight excluding hydrogens is 406 g/mol. The van der Waals surface area contributed by atoms with Gasteiger partial charge in [0.05, 0.1) is 0 Å². The summed E-state index contributed by atoms with van der Waals surface area (Å²) in [6, 6.07) is 31.7. The molecule has 160 valence electrons. The Morgan fingerprint density at radius 2 is 1.27 bits per heavy atom. The highest BCUT2D eigenvalue weighted by atomic mass is 16.5. The fourth-order valence-electron chi connectivity index (χ4n) is 4.43. The van der Waals surface area contributed by atoms with E-state index in [1.807, 2.05) is 77.6 Å². The zero-order valence-corrected chi connectivity index (χ0v) is 18.1.